The zero-order chi connectivity index (χ0) is 16.2. The van der Waals surface area contributed by atoms with E-state index < -0.39 is 17.8 Å². The molecule has 2 N–H and O–H groups in total. The number of aliphatic hydroxyl groups is 1. The number of hydrogen-bond donors (Lipinski definition) is 2. The van der Waals surface area contributed by atoms with Crippen LogP contribution >= 0.6 is 11.3 Å². The lowest BCUT2D eigenvalue weighted by Crippen LogP contribution is -2.28. The maximum atomic E-state index is 13.6. The van der Waals surface area contributed by atoms with Gasteiger partial charge in [0.1, 0.15) is 22.8 Å². The van der Waals surface area contributed by atoms with Crippen LogP contribution in [0.25, 0.3) is 10.6 Å². The monoisotopic (exact) mass is 332 g/mol. The van der Waals surface area contributed by atoms with Crippen molar-refractivity contribution in [3.05, 3.63) is 65.3 Å². The molecule has 118 valence electrons. The normalized spacial score (nSPS) is 12.1. The van der Waals surface area contributed by atoms with Crippen LogP contribution < -0.4 is 5.32 Å². The van der Waals surface area contributed by atoms with E-state index in [0.29, 0.717) is 5.01 Å². The summed E-state index contributed by atoms with van der Waals surface area (Å²) >= 11 is 1.31. The average Bonchev–Trinajstić information content (AvgIpc) is 3.23. The van der Waals surface area contributed by atoms with E-state index in [1.807, 2.05) is 0 Å². The van der Waals surface area contributed by atoms with Gasteiger partial charge in [-0.3, -0.25) is 4.79 Å². The number of carbonyl (C=O) groups is 1. The highest BCUT2D eigenvalue weighted by molar-refractivity contribution is 7.13. The molecule has 23 heavy (non-hydrogen) atoms. The molecule has 0 aliphatic carbocycles. The summed E-state index contributed by atoms with van der Waals surface area (Å²) in [7, 11) is 0. The van der Waals surface area contributed by atoms with Crippen molar-refractivity contribution in [2.24, 2.45) is 0 Å². The number of benzene rings is 1. The number of thiazole rings is 1. The molecule has 7 heteroatoms. The van der Waals surface area contributed by atoms with E-state index in [1.54, 1.807) is 23.8 Å². The van der Waals surface area contributed by atoms with Crippen molar-refractivity contribution in [2.45, 2.75) is 6.10 Å². The van der Waals surface area contributed by atoms with Crippen LogP contribution in [0.5, 0.6) is 0 Å². The third-order valence-electron chi connectivity index (χ3n) is 3.23. The van der Waals surface area contributed by atoms with Gasteiger partial charge in [0, 0.05) is 23.1 Å². The van der Waals surface area contributed by atoms with E-state index in [1.165, 1.54) is 35.8 Å². The molecular weight excluding hydrogens is 319 g/mol. The second kappa shape index (κ2) is 6.72. The van der Waals surface area contributed by atoms with Crippen molar-refractivity contribution in [3.63, 3.8) is 0 Å². The van der Waals surface area contributed by atoms with E-state index >= 15 is 0 Å². The van der Waals surface area contributed by atoms with Crippen LogP contribution in [-0.2, 0) is 0 Å². The Labute approximate surface area is 135 Å². The first-order valence-corrected chi connectivity index (χ1v) is 7.72. The summed E-state index contributed by atoms with van der Waals surface area (Å²) in [5.74, 6) is -0.934. The molecule has 0 bridgehead atoms. The van der Waals surface area contributed by atoms with Crippen LogP contribution in [0.2, 0.25) is 0 Å². The van der Waals surface area contributed by atoms with Gasteiger partial charge >= 0.3 is 0 Å². The minimum Gasteiger partial charge on any atom is -0.472 e. The summed E-state index contributed by atoms with van der Waals surface area (Å²) < 4.78 is 18.5. The van der Waals surface area contributed by atoms with Gasteiger partial charge in [-0.25, -0.2) is 9.37 Å². The Hall–Kier alpha value is -2.51. The molecule has 0 radical (unpaired) electrons. The van der Waals surface area contributed by atoms with E-state index in [4.69, 9.17) is 4.42 Å². The summed E-state index contributed by atoms with van der Waals surface area (Å²) in [5.41, 5.74) is 1.18. The van der Waals surface area contributed by atoms with Crippen molar-refractivity contribution in [3.8, 4) is 10.6 Å². The molecule has 1 amide bonds. The fourth-order valence-corrected chi connectivity index (χ4v) is 2.82. The molecule has 3 aromatic rings. The number of hydrogen-bond acceptors (Lipinski definition) is 5. The van der Waals surface area contributed by atoms with Crippen LogP contribution in [0.1, 0.15) is 22.2 Å². The third kappa shape index (κ3) is 3.46. The molecule has 3 rings (SSSR count). The zero-order valence-electron chi connectivity index (χ0n) is 11.9. The molecule has 0 saturated heterocycles. The third-order valence-corrected chi connectivity index (χ3v) is 4.12. The Morgan fingerprint density at radius 2 is 2.22 bits per heavy atom. The van der Waals surface area contributed by atoms with Crippen molar-refractivity contribution >= 4 is 17.2 Å². The van der Waals surface area contributed by atoms with E-state index in [2.05, 4.69) is 10.3 Å². The minimum atomic E-state index is -1.12. The molecule has 0 saturated carbocycles. The van der Waals surface area contributed by atoms with Gasteiger partial charge in [-0.2, -0.15) is 0 Å². The van der Waals surface area contributed by atoms with Crippen LogP contribution in [-0.4, -0.2) is 22.5 Å². The highest BCUT2D eigenvalue weighted by Gasteiger charge is 2.16. The first kappa shape index (κ1) is 15.4. The first-order chi connectivity index (χ1) is 11.1. The lowest BCUT2D eigenvalue weighted by atomic mass is 10.1. The predicted molar refractivity (Wildman–Crippen MR) is 83.5 cm³/mol. The SMILES string of the molecule is O=C(NCC(O)c1ccccc1F)c1csc(-c2ccoc2)n1. The lowest BCUT2D eigenvalue weighted by molar-refractivity contribution is 0.0910. The zero-order valence-corrected chi connectivity index (χ0v) is 12.7. The molecule has 5 nitrogen and oxygen atoms in total. The molecule has 0 aliphatic rings. The van der Waals surface area contributed by atoms with Gasteiger partial charge in [0.15, 0.2) is 0 Å². The predicted octanol–water partition coefficient (Wildman–Crippen LogP) is 3.01. The number of halogens is 1. The lowest BCUT2D eigenvalue weighted by Gasteiger charge is -2.12. The summed E-state index contributed by atoms with van der Waals surface area (Å²) in [6.45, 7) is -0.0989. The number of aromatic nitrogens is 1. The summed E-state index contributed by atoms with van der Waals surface area (Å²) in [5, 5.41) is 14.8. The molecule has 0 aliphatic heterocycles. The molecule has 0 fully saturated rings. The Kier molecular flexibility index (Phi) is 4.50. The van der Waals surface area contributed by atoms with Gasteiger partial charge in [-0.05, 0) is 12.1 Å². The first-order valence-electron chi connectivity index (χ1n) is 6.84. The summed E-state index contributed by atoms with van der Waals surface area (Å²) in [6.07, 6.45) is 1.95. The highest BCUT2D eigenvalue weighted by atomic mass is 32.1. The van der Waals surface area contributed by atoms with Crippen LogP contribution in [0.4, 0.5) is 4.39 Å². The highest BCUT2D eigenvalue weighted by Crippen LogP contribution is 2.24. The molecule has 2 heterocycles. The molecule has 1 aromatic carbocycles. The van der Waals surface area contributed by atoms with Crippen molar-refractivity contribution in [1.82, 2.24) is 10.3 Å². The fourth-order valence-electron chi connectivity index (χ4n) is 2.03. The molecule has 0 spiro atoms. The van der Waals surface area contributed by atoms with Crippen molar-refractivity contribution in [2.75, 3.05) is 6.54 Å². The summed E-state index contributed by atoms with van der Waals surface area (Å²) in [6, 6.07) is 7.66. The quantitative estimate of drug-likeness (QED) is 0.753. The molecule has 1 atom stereocenters. The maximum Gasteiger partial charge on any atom is 0.270 e. The van der Waals surface area contributed by atoms with E-state index in [-0.39, 0.29) is 17.8 Å². The Morgan fingerprint density at radius 1 is 1.39 bits per heavy atom. The van der Waals surface area contributed by atoms with Crippen molar-refractivity contribution < 1.29 is 18.7 Å². The van der Waals surface area contributed by atoms with Crippen LogP contribution in [0, 0.1) is 5.82 Å². The number of rotatable bonds is 5. The number of carbonyl (C=O) groups excluding carboxylic acids is 1. The molecule has 2 aromatic heterocycles. The van der Waals surface area contributed by atoms with Crippen LogP contribution in [0.3, 0.4) is 0 Å². The van der Waals surface area contributed by atoms with Gasteiger partial charge < -0.3 is 14.8 Å². The standard InChI is InChI=1S/C16H13FN2O3S/c17-12-4-2-1-3-11(12)14(20)7-18-15(21)13-9-23-16(19-13)10-5-6-22-8-10/h1-6,8-9,14,20H,7H2,(H,18,21). The molecular formula is C16H13FN2O3S. The second-order valence-corrected chi connectivity index (χ2v) is 5.66. The topological polar surface area (TPSA) is 75.4 Å². The van der Waals surface area contributed by atoms with Crippen molar-refractivity contribution in [1.29, 1.82) is 0 Å². The Balaban J connectivity index is 1.63. The van der Waals surface area contributed by atoms with Crippen LogP contribution in [0.15, 0.2) is 52.7 Å². The fraction of sp³-hybridized carbons (Fsp3) is 0.125. The maximum absolute atomic E-state index is 13.6. The van der Waals surface area contributed by atoms with Gasteiger partial charge in [0.25, 0.3) is 5.91 Å². The van der Waals surface area contributed by atoms with Gasteiger partial charge in [0.2, 0.25) is 0 Å². The van der Waals surface area contributed by atoms with Gasteiger partial charge in [-0.15, -0.1) is 11.3 Å². The van der Waals surface area contributed by atoms with E-state index in [9.17, 15) is 14.3 Å². The summed E-state index contributed by atoms with van der Waals surface area (Å²) in [4.78, 5) is 16.3. The number of nitrogens with zero attached hydrogens (tertiary/aromatic N) is 1. The second-order valence-electron chi connectivity index (χ2n) is 4.80. The minimum absolute atomic E-state index is 0.0989. The largest absolute Gasteiger partial charge is 0.472 e. The molecule has 1 unspecified atom stereocenters. The van der Waals surface area contributed by atoms with E-state index in [0.717, 1.165) is 5.56 Å². The smallest absolute Gasteiger partial charge is 0.270 e. The number of aliphatic hydroxyl groups excluding tert-OH is 1. The Morgan fingerprint density at radius 3 is 2.96 bits per heavy atom. The number of amides is 1. The number of furan rings is 1. The average molecular weight is 332 g/mol. The van der Waals surface area contributed by atoms with Gasteiger partial charge in [0.05, 0.1) is 12.4 Å². The van der Waals surface area contributed by atoms with Gasteiger partial charge in [-0.1, -0.05) is 18.2 Å². The Bertz CT molecular complexity index is 801. The number of nitrogens with one attached hydrogen (secondary N) is 1.